The van der Waals surface area contributed by atoms with Gasteiger partial charge in [-0.1, -0.05) is 26.2 Å². The van der Waals surface area contributed by atoms with E-state index in [-0.39, 0.29) is 17.4 Å². The predicted molar refractivity (Wildman–Crippen MR) is 84.0 cm³/mol. The van der Waals surface area contributed by atoms with Crippen molar-refractivity contribution in [2.75, 3.05) is 5.32 Å². The summed E-state index contributed by atoms with van der Waals surface area (Å²) in [5.41, 5.74) is -0.198. The number of aromatic carboxylic acids is 1. The summed E-state index contributed by atoms with van der Waals surface area (Å²) in [7, 11) is 0. The molecule has 1 aliphatic rings. The number of amides is 1. The van der Waals surface area contributed by atoms with Gasteiger partial charge in [-0.05, 0) is 37.5 Å². The van der Waals surface area contributed by atoms with Crippen molar-refractivity contribution in [1.82, 2.24) is 0 Å². The third kappa shape index (κ3) is 4.76. The lowest BCUT2D eigenvalue weighted by atomic mass is 9.97. The normalized spacial score (nSPS) is 16.8. The van der Waals surface area contributed by atoms with Gasteiger partial charge >= 0.3 is 5.97 Å². The van der Waals surface area contributed by atoms with Crippen molar-refractivity contribution < 1.29 is 23.8 Å². The molecule has 0 radical (unpaired) electrons. The van der Waals surface area contributed by atoms with Crippen LogP contribution in [0.25, 0.3) is 0 Å². The summed E-state index contributed by atoms with van der Waals surface area (Å²) in [6.07, 6.45) is 5.26. The monoisotopic (exact) mass is 323 g/mol. The highest BCUT2D eigenvalue weighted by Crippen LogP contribution is 2.23. The van der Waals surface area contributed by atoms with E-state index in [1.807, 2.05) is 6.92 Å². The lowest BCUT2D eigenvalue weighted by Crippen LogP contribution is -2.34. The summed E-state index contributed by atoms with van der Waals surface area (Å²) in [5.74, 6) is -2.39. The molecule has 1 amide bonds. The highest BCUT2D eigenvalue weighted by molar-refractivity contribution is 5.95. The smallest absolute Gasteiger partial charge is 0.335 e. The molecule has 2 N–H and O–H groups in total. The minimum atomic E-state index is -1.21. The van der Waals surface area contributed by atoms with Gasteiger partial charge in [0.2, 0.25) is 0 Å². The summed E-state index contributed by atoms with van der Waals surface area (Å²) >= 11 is 0. The number of anilines is 1. The number of ether oxygens (including phenoxy) is 1. The third-order valence-corrected chi connectivity index (χ3v) is 4.05. The molecule has 126 valence electrons. The third-order valence-electron chi connectivity index (χ3n) is 4.05. The van der Waals surface area contributed by atoms with Gasteiger partial charge in [0.25, 0.3) is 5.91 Å². The second-order valence-electron chi connectivity index (χ2n) is 5.78. The van der Waals surface area contributed by atoms with Crippen molar-refractivity contribution >= 4 is 17.6 Å². The lowest BCUT2D eigenvalue weighted by Gasteiger charge is -2.26. The first-order valence-corrected chi connectivity index (χ1v) is 8.00. The van der Waals surface area contributed by atoms with E-state index in [1.54, 1.807) is 0 Å². The van der Waals surface area contributed by atoms with Gasteiger partial charge < -0.3 is 15.2 Å². The van der Waals surface area contributed by atoms with Gasteiger partial charge in [0, 0.05) is 0 Å². The Balaban J connectivity index is 1.99. The first-order chi connectivity index (χ1) is 11.0. The summed E-state index contributed by atoms with van der Waals surface area (Å²) < 4.78 is 19.7. The second-order valence-corrected chi connectivity index (χ2v) is 5.78. The molecular weight excluding hydrogens is 301 g/mol. The number of carbonyl (C=O) groups excluding carboxylic acids is 1. The Morgan fingerprint density at radius 3 is 2.61 bits per heavy atom. The van der Waals surface area contributed by atoms with Gasteiger partial charge in [-0.25, -0.2) is 9.18 Å². The zero-order valence-electron chi connectivity index (χ0n) is 13.2. The first kappa shape index (κ1) is 17.4. The van der Waals surface area contributed by atoms with Crippen LogP contribution >= 0.6 is 0 Å². The molecule has 23 heavy (non-hydrogen) atoms. The summed E-state index contributed by atoms with van der Waals surface area (Å²) in [6, 6.07) is 3.40. The molecule has 1 aromatic carbocycles. The second kappa shape index (κ2) is 8.06. The standard InChI is InChI=1S/C17H22FNO4/c1-2-15(23-12-6-4-3-5-7-12)16(20)19-14-9-8-11(17(21)22)10-13(14)18/h8-10,12,15H,2-7H2,1H3,(H,19,20)(H,21,22). The Morgan fingerprint density at radius 2 is 2.04 bits per heavy atom. The minimum Gasteiger partial charge on any atom is -0.478 e. The molecule has 1 saturated carbocycles. The number of benzene rings is 1. The zero-order chi connectivity index (χ0) is 16.8. The van der Waals surface area contributed by atoms with Gasteiger partial charge in [-0.3, -0.25) is 4.79 Å². The van der Waals surface area contributed by atoms with Crippen molar-refractivity contribution in [3.63, 3.8) is 0 Å². The van der Waals surface area contributed by atoms with Crippen LogP contribution in [0.1, 0.15) is 55.8 Å². The molecule has 1 aliphatic carbocycles. The van der Waals surface area contributed by atoms with Crippen molar-refractivity contribution in [3.05, 3.63) is 29.6 Å². The Kier molecular flexibility index (Phi) is 6.10. The average molecular weight is 323 g/mol. The number of halogens is 1. The maximum atomic E-state index is 13.9. The Morgan fingerprint density at radius 1 is 1.35 bits per heavy atom. The number of hydrogen-bond donors (Lipinski definition) is 2. The summed E-state index contributed by atoms with van der Waals surface area (Å²) in [4.78, 5) is 23.1. The molecule has 1 unspecified atom stereocenters. The molecule has 0 aromatic heterocycles. The van der Waals surface area contributed by atoms with Crippen molar-refractivity contribution in [1.29, 1.82) is 0 Å². The molecule has 0 saturated heterocycles. The van der Waals surface area contributed by atoms with Gasteiger partial charge in [0.05, 0.1) is 17.4 Å². The predicted octanol–water partition coefficient (Wildman–Crippen LogP) is 3.59. The van der Waals surface area contributed by atoms with Crippen LogP contribution in [0, 0.1) is 5.82 Å². The van der Waals surface area contributed by atoms with Gasteiger partial charge in [0.15, 0.2) is 0 Å². The van der Waals surface area contributed by atoms with Crippen LogP contribution in [-0.2, 0) is 9.53 Å². The molecule has 0 heterocycles. The van der Waals surface area contributed by atoms with E-state index in [0.717, 1.165) is 31.7 Å². The van der Waals surface area contributed by atoms with E-state index in [4.69, 9.17) is 9.84 Å². The van der Waals surface area contributed by atoms with Gasteiger partial charge in [-0.2, -0.15) is 0 Å². The Bertz CT molecular complexity index is 570. The van der Waals surface area contributed by atoms with Crippen molar-refractivity contribution in [2.24, 2.45) is 0 Å². The van der Waals surface area contributed by atoms with Crippen LogP contribution in [0.15, 0.2) is 18.2 Å². The molecule has 5 nitrogen and oxygen atoms in total. The molecule has 1 fully saturated rings. The molecular formula is C17H22FNO4. The van der Waals surface area contributed by atoms with E-state index in [9.17, 15) is 14.0 Å². The van der Waals surface area contributed by atoms with Crippen molar-refractivity contribution in [3.8, 4) is 0 Å². The van der Waals surface area contributed by atoms with E-state index < -0.39 is 23.8 Å². The molecule has 1 aromatic rings. The molecule has 0 spiro atoms. The van der Waals surface area contributed by atoms with Crippen LogP contribution in [0.5, 0.6) is 0 Å². The highest BCUT2D eigenvalue weighted by atomic mass is 19.1. The highest BCUT2D eigenvalue weighted by Gasteiger charge is 2.24. The minimum absolute atomic E-state index is 0.0364. The number of rotatable bonds is 6. The van der Waals surface area contributed by atoms with Crippen LogP contribution in [0.4, 0.5) is 10.1 Å². The van der Waals surface area contributed by atoms with E-state index in [0.29, 0.717) is 6.42 Å². The molecule has 1 atom stereocenters. The number of carboxylic acid groups (broad SMARTS) is 1. The fourth-order valence-corrected chi connectivity index (χ4v) is 2.74. The summed E-state index contributed by atoms with van der Waals surface area (Å²) in [6.45, 7) is 1.84. The largest absolute Gasteiger partial charge is 0.478 e. The maximum Gasteiger partial charge on any atom is 0.335 e. The topological polar surface area (TPSA) is 75.6 Å². The molecule has 0 bridgehead atoms. The number of hydrogen-bond acceptors (Lipinski definition) is 3. The van der Waals surface area contributed by atoms with Crippen molar-refractivity contribution in [2.45, 2.75) is 57.7 Å². The molecule has 6 heteroatoms. The first-order valence-electron chi connectivity index (χ1n) is 8.00. The fraction of sp³-hybridized carbons (Fsp3) is 0.529. The van der Waals surface area contributed by atoms with E-state index in [2.05, 4.69) is 5.32 Å². The molecule has 0 aliphatic heterocycles. The van der Waals surface area contributed by atoms with Gasteiger partial charge in [-0.15, -0.1) is 0 Å². The maximum absolute atomic E-state index is 13.9. The number of nitrogens with one attached hydrogen (secondary N) is 1. The van der Waals surface area contributed by atoms with Crippen LogP contribution in [-0.4, -0.2) is 29.2 Å². The number of carboxylic acids is 1. The summed E-state index contributed by atoms with van der Waals surface area (Å²) in [5, 5.41) is 11.3. The fourth-order valence-electron chi connectivity index (χ4n) is 2.74. The van der Waals surface area contributed by atoms with Crippen LogP contribution in [0.2, 0.25) is 0 Å². The van der Waals surface area contributed by atoms with Crippen LogP contribution in [0.3, 0.4) is 0 Å². The Hall–Kier alpha value is -1.95. The molecule has 2 rings (SSSR count). The van der Waals surface area contributed by atoms with Crippen LogP contribution < -0.4 is 5.32 Å². The van der Waals surface area contributed by atoms with E-state index >= 15 is 0 Å². The quantitative estimate of drug-likeness (QED) is 0.839. The number of carbonyl (C=O) groups is 2. The zero-order valence-corrected chi connectivity index (χ0v) is 13.2. The average Bonchev–Trinajstić information content (AvgIpc) is 2.55. The van der Waals surface area contributed by atoms with Gasteiger partial charge in [0.1, 0.15) is 11.9 Å². The van der Waals surface area contributed by atoms with E-state index in [1.165, 1.54) is 18.6 Å². The SMILES string of the molecule is CCC(OC1CCCCC1)C(=O)Nc1ccc(C(=O)O)cc1F. The Labute approximate surface area is 134 Å². The lowest BCUT2D eigenvalue weighted by molar-refractivity contribution is -0.132.